The Hall–Kier alpha value is -4.05. The van der Waals surface area contributed by atoms with Gasteiger partial charge in [0, 0.05) is 18.0 Å². The molecule has 0 N–H and O–H groups in total. The van der Waals surface area contributed by atoms with Crippen LogP contribution in [0, 0.1) is 13.8 Å². The summed E-state index contributed by atoms with van der Waals surface area (Å²) in [7, 11) is -4.17. The molecule has 4 aromatic rings. The van der Waals surface area contributed by atoms with Crippen LogP contribution in [0.3, 0.4) is 0 Å². The van der Waals surface area contributed by atoms with Gasteiger partial charge >= 0.3 is 16.1 Å². The standard InChI is InChI=1S/C23H19N3O6S/c1-15-9-10-16(2)20(12-15)33(28,29)32-19-8-4-3-7-18(19)23(27)30-14-21-25-22(26-31-21)17-6-5-11-24-13-17/h3-13H,14H2,1-2H3. The van der Waals surface area contributed by atoms with Gasteiger partial charge in [-0.3, -0.25) is 4.98 Å². The van der Waals surface area contributed by atoms with Crippen molar-refractivity contribution in [3.63, 3.8) is 0 Å². The van der Waals surface area contributed by atoms with Crippen LogP contribution in [0.25, 0.3) is 11.4 Å². The van der Waals surface area contributed by atoms with Crippen LogP contribution in [0.15, 0.2) is 76.4 Å². The fourth-order valence-electron chi connectivity index (χ4n) is 2.98. The first kappa shape index (κ1) is 22.2. The minimum absolute atomic E-state index is 0.0273. The van der Waals surface area contributed by atoms with Gasteiger partial charge in [0.05, 0.1) is 0 Å². The van der Waals surface area contributed by atoms with Crippen LogP contribution in [0.1, 0.15) is 27.4 Å². The summed E-state index contributed by atoms with van der Waals surface area (Å²) < 4.78 is 41.4. The summed E-state index contributed by atoms with van der Waals surface area (Å²) in [6.07, 6.45) is 3.19. The molecule has 0 radical (unpaired) electrons. The van der Waals surface area contributed by atoms with E-state index in [1.807, 2.05) is 0 Å². The molecule has 2 aromatic carbocycles. The van der Waals surface area contributed by atoms with Gasteiger partial charge in [0.15, 0.2) is 12.4 Å². The predicted molar refractivity (Wildman–Crippen MR) is 117 cm³/mol. The van der Waals surface area contributed by atoms with E-state index in [1.54, 1.807) is 62.6 Å². The summed E-state index contributed by atoms with van der Waals surface area (Å²) in [6, 6.07) is 14.4. The van der Waals surface area contributed by atoms with Gasteiger partial charge in [-0.15, -0.1) is 0 Å². The van der Waals surface area contributed by atoms with E-state index < -0.39 is 16.1 Å². The van der Waals surface area contributed by atoms with Crippen molar-refractivity contribution in [1.29, 1.82) is 0 Å². The van der Waals surface area contributed by atoms with Gasteiger partial charge in [0.2, 0.25) is 5.82 Å². The third-order valence-corrected chi connectivity index (χ3v) is 6.01. The van der Waals surface area contributed by atoms with Gasteiger partial charge in [0.1, 0.15) is 10.5 Å². The van der Waals surface area contributed by atoms with Gasteiger partial charge in [0.25, 0.3) is 5.89 Å². The average Bonchev–Trinajstić information content (AvgIpc) is 3.29. The molecule has 0 aliphatic carbocycles. The maximum Gasteiger partial charge on any atom is 0.342 e. The lowest BCUT2D eigenvalue weighted by atomic mass is 10.2. The number of benzene rings is 2. The highest BCUT2D eigenvalue weighted by Crippen LogP contribution is 2.26. The minimum atomic E-state index is -4.17. The lowest BCUT2D eigenvalue weighted by Crippen LogP contribution is -2.15. The zero-order chi connectivity index (χ0) is 23.4. The lowest BCUT2D eigenvalue weighted by Gasteiger charge is -2.12. The number of aromatic nitrogens is 3. The van der Waals surface area contributed by atoms with E-state index in [4.69, 9.17) is 13.4 Å². The van der Waals surface area contributed by atoms with E-state index in [9.17, 15) is 13.2 Å². The van der Waals surface area contributed by atoms with Crippen LogP contribution < -0.4 is 4.18 Å². The number of carbonyl (C=O) groups excluding carboxylic acids is 1. The van der Waals surface area contributed by atoms with Gasteiger partial charge in [-0.25, -0.2) is 4.79 Å². The molecule has 0 atom stereocenters. The van der Waals surface area contributed by atoms with E-state index >= 15 is 0 Å². The third-order valence-electron chi connectivity index (χ3n) is 4.63. The highest BCUT2D eigenvalue weighted by Gasteiger charge is 2.24. The maximum atomic E-state index is 12.9. The monoisotopic (exact) mass is 465 g/mol. The quantitative estimate of drug-likeness (QED) is 0.296. The van der Waals surface area contributed by atoms with E-state index in [-0.39, 0.29) is 28.7 Å². The van der Waals surface area contributed by atoms with Crippen LogP contribution >= 0.6 is 0 Å². The van der Waals surface area contributed by atoms with Gasteiger partial charge in [-0.1, -0.05) is 29.4 Å². The van der Waals surface area contributed by atoms with Crippen molar-refractivity contribution in [3.05, 3.63) is 89.6 Å². The second kappa shape index (κ2) is 9.21. The van der Waals surface area contributed by atoms with Crippen molar-refractivity contribution >= 4 is 16.1 Å². The highest BCUT2D eigenvalue weighted by molar-refractivity contribution is 7.87. The second-order valence-corrected chi connectivity index (χ2v) is 8.65. The third kappa shape index (κ3) is 5.07. The molecule has 33 heavy (non-hydrogen) atoms. The molecule has 2 aromatic heterocycles. The molecule has 0 unspecified atom stereocenters. The largest absolute Gasteiger partial charge is 0.452 e. The molecule has 9 nitrogen and oxygen atoms in total. The molecular formula is C23H19N3O6S. The minimum Gasteiger partial charge on any atom is -0.452 e. The molecule has 2 heterocycles. The number of rotatable bonds is 7. The Kier molecular flexibility index (Phi) is 6.18. The van der Waals surface area contributed by atoms with E-state index in [0.29, 0.717) is 17.0 Å². The second-order valence-electron chi connectivity index (χ2n) is 7.13. The Balaban J connectivity index is 1.50. The molecule has 0 amide bonds. The molecular weight excluding hydrogens is 446 g/mol. The Bertz CT molecular complexity index is 1400. The zero-order valence-electron chi connectivity index (χ0n) is 17.8. The smallest absolute Gasteiger partial charge is 0.342 e. The van der Waals surface area contributed by atoms with Crippen LogP contribution in [-0.4, -0.2) is 29.5 Å². The summed E-state index contributed by atoms with van der Waals surface area (Å²) in [6.45, 7) is 3.14. The number of ether oxygens (including phenoxy) is 1. The van der Waals surface area contributed by atoms with Crippen molar-refractivity contribution in [2.45, 2.75) is 25.3 Å². The fraction of sp³-hybridized carbons (Fsp3) is 0.130. The lowest BCUT2D eigenvalue weighted by molar-refractivity contribution is 0.0428. The number of hydrogen-bond acceptors (Lipinski definition) is 9. The summed E-state index contributed by atoms with van der Waals surface area (Å²) >= 11 is 0. The van der Waals surface area contributed by atoms with Crippen molar-refractivity contribution < 1.29 is 26.7 Å². The van der Waals surface area contributed by atoms with Crippen molar-refractivity contribution in [3.8, 4) is 17.1 Å². The maximum absolute atomic E-state index is 12.9. The number of pyridine rings is 1. The van der Waals surface area contributed by atoms with Crippen LogP contribution in [0.5, 0.6) is 5.75 Å². The first-order valence-electron chi connectivity index (χ1n) is 9.84. The first-order chi connectivity index (χ1) is 15.8. The van der Waals surface area contributed by atoms with E-state index in [1.165, 1.54) is 18.2 Å². The van der Waals surface area contributed by atoms with Crippen molar-refractivity contribution in [1.82, 2.24) is 15.1 Å². The van der Waals surface area contributed by atoms with Crippen LogP contribution in [0.4, 0.5) is 0 Å². The molecule has 0 fully saturated rings. The molecule has 10 heteroatoms. The summed E-state index contributed by atoms with van der Waals surface area (Å²) in [4.78, 5) is 20.8. The summed E-state index contributed by atoms with van der Waals surface area (Å²) in [5.41, 5.74) is 1.88. The van der Waals surface area contributed by atoms with Crippen LogP contribution in [-0.2, 0) is 21.5 Å². The molecule has 0 saturated carbocycles. The highest BCUT2D eigenvalue weighted by atomic mass is 32.2. The van der Waals surface area contributed by atoms with E-state index in [2.05, 4.69) is 15.1 Å². The van der Waals surface area contributed by atoms with Crippen molar-refractivity contribution in [2.24, 2.45) is 0 Å². The first-order valence-corrected chi connectivity index (χ1v) is 11.3. The van der Waals surface area contributed by atoms with Gasteiger partial charge in [-0.2, -0.15) is 13.4 Å². The van der Waals surface area contributed by atoms with Crippen LogP contribution in [0.2, 0.25) is 0 Å². The fourth-order valence-corrected chi connectivity index (χ4v) is 4.24. The zero-order valence-corrected chi connectivity index (χ0v) is 18.6. The number of carbonyl (C=O) groups is 1. The van der Waals surface area contributed by atoms with Crippen molar-refractivity contribution in [2.75, 3.05) is 0 Å². The molecule has 0 aliphatic heterocycles. The number of aryl methyl sites for hydroxylation is 2. The van der Waals surface area contributed by atoms with Gasteiger partial charge in [-0.05, 0) is 55.3 Å². The molecule has 0 spiro atoms. The van der Waals surface area contributed by atoms with Gasteiger partial charge < -0.3 is 13.4 Å². The Morgan fingerprint density at radius 2 is 1.88 bits per heavy atom. The number of nitrogens with zero attached hydrogens (tertiary/aromatic N) is 3. The number of esters is 1. The topological polar surface area (TPSA) is 121 Å². The summed E-state index contributed by atoms with van der Waals surface area (Å²) in [5.74, 6) is -0.575. The van der Waals surface area contributed by atoms with E-state index in [0.717, 1.165) is 5.56 Å². The molecule has 4 rings (SSSR count). The Morgan fingerprint density at radius 3 is 2.67 bits per heavy atom. The number of hydrogen-bond donors (Lipinski definition) is 0. The number of para-hydroxylation sites is 1. The molecule has 0 aliphatic rings. The Labute approximate surface area is 190 Å². The molecule has 0 saturated heterocycles. The molecule has 168 valence electrons. The summed E-state index contributed by atoms with van der Waals surface area (Å²) in [5, 5.41) is 3.83. The SMILES string of the molecule is Cc1ccc(C)c(S(=O)(=O)Oc2ccccc2C(=O)OCc2nc(-c3cccnc3)no2)c1. The Morgan fingerprint density at radius 1 is 1.06 bits per heavy atom. The molecule has 0 bridgehead atoms. The normalized spacial score (nSPS) is 11.2. The predicted octanol–water partition coefficient (Wildman–Crippen LogP) is 3.87. The average molecular weight is 465 g/mol.